The lowest BCUT2D eigenvalue weighted by Gasteiger charge is -2.23. The Morgan fingerprint density at radius 1 is 1.22 bits per heavy atom. The van der Waals surface area contributed by atoms with Crippen LogP contribution in [0, 0.1) is 11.8 Å². The standard InChI is InChI=1S/C15H27NO2/c1-12(2)15(17)16-9-8-14(10-16)18-11-13-6-4-3-5-7-13/h12-14H,3-11H2,1-2H3. The fourth-order valence-corrected chi connectivity index (χ4v) is 3.06. The molecule has 1 aliphatic heterocycles. The van der Waals surface area contributed by atoms with Crippen molar-refractivity contribution in [3.05, 3.63) is 0 Å². The van der Waals surface area contributed by atoms with Crippen LogP contribution in [0.2, 0.25) is 0 Å². The molecule has 3 nitrogen and oxygen atoms in total. The van der Waals surface area contributed by atoms with E-state index in [0.717, 1.165) is 32.0 Å². The molecule has 0 N–H and O–H groups in total. The van der Waals surface area contributed by atoms with Crippen molar-refractivity contribution in [3.63, 3.8) is 0 Å². The van der Waals surface area contributed by atoms with E-state index < -0.39 is 0 Å². The lowest BCUT2D eigenvalue weighted by molar-refractivity contribution is -0.133. The third-order valence-electron chi connectivity index (χ3n) is 4.24. The second kappa shape index (κ2) is 6.55. The molecular weight excluding hydrogens is 226 g/mol. The number of rotatable bonds is 4. The Balaban J connectivity index is 1.67. The molecule has 0 aromatic heterocycles. The van der Waals surface area contributed by atoms with Crippen LogP contribution < -0.4 is 0 Å². The van der Waals surface area contributed by atoms with Gasteiger partial charge < -0.3 is 9.64 Å². The highest BCUT2D eigenvalue weighted by Crippen LogP contribution is 2.25. The first-order valence-corrected chi connectivity index (χ1v) is 7.57. The molecular formula is C15H27NO2. The molecule has 2 rings (SSSR count). The summed E-state index contributed by atoms with van der Waals surface area (Å²) in [6.07, 6.45) is 8.12. The van der Waals surface area contributed by atoms with Crippen molar-refractivity contribution >= 4 is 5.91 Å². The summed E-state index contributed by atoms with van der Waals surface area (Å²) in [5, 5.41) is 0. The highest BCUT2D eigenvalue weighted by atomic mass is 16.5. The molecule has 1 saturated carbocycles. The van der Waals surface area contributed by atoms with E-state index >= 15 is 0 Å². The van der Waals surface area contributed by atoms with E-state index in [-0.39, 0.29) is 17.9 Å². The van der Waals surface area contributed by atoms with E-state index in [1.165, 1.54) is 32.1 Å². The minimum absolute atomic E-state index is 0.113. The molecule has 3 heteroatoms. The zero-order chi connectivity index (χ0) is 13.0. The number of carbonyl (C=O) groups is 1. The van der Waals surface area contributed by atoms with Gasteiger partial charge >= 0.3 is 0 Å². The number of likely N-dealkylation sites (tertiary alicyclic amines) is 1. The summed E-state index contributed by atoms with van der Waals surface area (Å²) in [6.45, 7) is 6.54. The molecule has 2 aliphatic rings. The summed E-state index contributed by atoms with van der Waals surface area (Å²) < 4.78 is 6.01. The van der Waals surface area contributed by atoms with E-state index in [1.807, 2.05) is 18.7 Å². The van der Waals surface area contributed by atoms with Crippen molar-refractivity contribution in [3.8, 4) is 0 Å². The van der Waals surface area contributed by atoms with Crippen molar-refractivity contribution in [1.29, 1.82) is 0 Å². The van der Waals surface area contributed by atoms with Gasteiger partial charge in [0, 0.05) is 25.6 Å². The predicted octanol–water partition coefficient (Wildman–Crippen LogP) is 2.84. The highest BCUT2D eigenvalue weighted by molar-refractivity contribution is 5.78. The molecule has 0 bridgehead atoms. The zero-order valence-corrected chi connectivity index (χ0v) is 11.9. The second-order valence-electron chi connectivity index (χ2n) is 6.19. The van der Waals surface area contributed by atoms with Crippen molar-refractivity contribution in [1.82, 2.24) is 4.90 Å². The van der Waals surface area contributed by atoms with Crippen LogP contribution in [0.25, 0.3) is 0 Å². The number of hydrogen-bond donors (Lipinski definition) is 0. The Hall–Kier alpha value is -0.570. The molecule has 1 heterocycles. The van der Waals surface area contributed by atoms with Crippen LogP contribution in [0.3, 0.4) is 0 Å². The van der Waals surface area contributed by atoms with Gasteiger partial charge in [-0.3, -0.25) is 4.79 Å². The Morgan fingerprint density at radius 3 is 2.61 bits per heavy atom. The molecule has 1 aliphatic carbocycles. The van der Waals surface area contributed by atoms with Gasteiger partial charge in [0.15, 0.2) is 0 Å². The van der Waals surface area contributed by atoms with Crippen molar-refractivity contribution < 1.29 is 9.53 Å². The largest absolute Gasteiger partial charge is 0.376 e. The van der Waals surface area contributed by atoms with E-state index in [4.69, 9.17) is 4.74 Å². The van der Waals surface area contributed by atoms with Crippen LogP contribution in [0.5, 0.6) is 0 Å². The quantitative estimate of drug-likeness (QED) is 0.771. The number of nitrogens with zero attached hydrogens (tertiary/aromatic N) is 1. The van der Waals surface area contributed by atoms with Gasteiger partial charge in [-0.15, -0.1) is 0 Å². The van der Waals surface area contributed by atoms with E-state index in [2.05, 4.69) is 0 Å². The molecule has 0 spiro atoms. The minimum atomic E-state index is 0.113. The fourth-order valence-electron chi connectivity index (χ4n) is 3.06. The topological polar surface area (TPSA) is 29.5 Å². The summed E-state index contributed by atoms with van der Waals surface area (Å²) in [4.78, 5) is 13.8. The fraction of sp³-hybridized carbons (Fsp3) is 0.933. The van der Waals surface area contributed by atoms with Crippen molar-refractivity contribution in [2.24, 2.45) is 11.8 Å². The van der Waals surface area contributed by atoms with Gasteiger partial charge in [0.2, 0.25) is 5.91 Å². The van der Waals surface area contributed by atoms with Gasteiger partial charge in [-0.25, -0.2) is 0 Å². The van der Waals surface area contributed by atoms with Crippen LogP contribution in [-0.4, -0.2) is 36.6 Å². The summed E-state index contributed by atoms with van der Waals surface area (Å²) >= 11 is 0. The van der Waals surface area contributed by atoms with E-state index in [9.17, 15) is 4.79 Å². The Morgan fingerprint density at radius 2 is 1.94 bits per heavy atom. The third-order valence-corrected chi connectivity index (χ3v) is 4.24. The summed E-state index contributed by atoms with van der Waals surface area (Å²) in [5.74, 6) is 1.16. The smallest absolute Gasteiger partial charge is 0.225 e. The maximum Gasteiger partial charge on any atom is 0.225 e. The molecule has 1 saturated heterocycles. The van der Waals surface area contributed by atoms with Crippen LogP contribution in [0.4, 0.5) is 0 Å². The van der Waals surface area contributed by atoms with Crippen LogP contribution in [-0.2, 0) is 9.53 Å². The maximum atomic E-state index is 11.9. The van der Waals surface area contributed by atoms with E-state index in [1.54, 1.807) is 0 Å². The average molecular weight is 253 g/mol. The molecule has 1 amide bonds. The summed E-state index contributed by atoms with van der Waals surface area (Å²) in [5.41, 5.74) is 0. The predicted molar refractivity (Wildman–Crippen MR) is 72.4 cm³/mol. The molecule has 104 valence electrons. The van der Waals surface area contributed by atoms with Crippen LogP contribution in [0.15, 0.2) is 0 Å². The molecule has 0 aromatic carbocycles. The summed E-state index contributed by atoms with van der Waals surface area (Å²) in [6, 6.07) is 0. The monoisotopic (exact) mass is 253 g/mol. The SMILES string of the molecule is CC(C)C(=O)N1CCC(OCC2CCCCC2)C1. The van der Waals surface area contributed by atoms with Gasteiger partial charge in [0.1, 0.15) is 0 Å². The number of hydrogen-bond acceptors (Lipinski definition) is 2. The Labute approximate surface area is 111 Å². The zero-order valence-electron chi connectivity index (χ0n) is 11.9. The third kappa shape index (κ3) is 3.71. The van der Waals surface area contributed by atoms with Crippen LogP contribution >= 0.6 is 0 Å². The van der Waals surface area contributed by atoms with Crippen molar-refractivity contribution in [2.75, 3.05) is 19.7 Å². The number of carbonyl (C=O) groups excluding carboxylic acids is 1. The molecule has 1 atom stereocenters. The molecule has 0 radical (unpaired) electrons. The van der Waals surface area contributed by atoms with E-state index in [0.29, 0.717) is 0 Å². The summed E-state index contributed by atoms with van der Waals surface area (Å²) in [7, 11) is 0. The molecule has 1 unspecified atom stereocenters. The Kier molecular flexibility index (Phi) is 5.04. The number of amides is 1. The molecule has 0 aromatic rings. The van der Waals surface area contributed by atoms with Gasteiger partial charge in [0.25, 0.3) is 0 Å². The Bertz CT molecular complexity index is 272. The number of ether oxygens (including phenoxy) is 1. The van der Waals surface area contributed by atoms with Crippen molar-refractivity contribution in [2.45, 2.75) is 58.5 Å². The first-order chi connectivity index (χ1) is 8.66. The molecule has 18 heavy (non-hydrogen) atoms. The first kappa shape index (κ1) is 13.9. The highest BCUT2D eigenvalue weighted by Gasteiger charge is 2.28. The average Bonchev–Trinajstić information content (AvgIpc) is 2.85. The van der Waals surface area contributed by atoms with Gasteiger partial charge in [-0.1, -0.05) is 33.1 Å². The lowest BCUT2D eigenvalue weighted by Crippen LogP contribution is -2.33. The second-order valence-corrected chi connectivity index (χ2v) is 6.19. The normalized spacial score (nSPS) is 25.9. The van der Waals surface area contributed by atoms with Gasteiger partial charge in [0.05, 0.1) is 6.10 Å². The van der Waals surface area contributed by atoms with Gasteiger partial charge in [-0.2, -0.15) is 0 Å². The minimum Gasteiger partial charge on any atom is -0.376 e. The lowest BCUT2D eigenvalue weighted by atomic mass is 9.90. The first-order valence-electron chi connectivity index (χ1n) is 7.57. The van der Waals surface area contributed by atoms with Gasteiger partial charge in [-0.05, 0) is 25.2 Å². The molecule has 2 fully saturated rings. The maximum absolute atomic E-state index is 11.9. The van der Waals surface area contributed by atoms with Crippen LogP contribution in [0.1, 0.15) is 52.4 Å².